The fourth-order valence-corrected chi connectivity index (χ4v) is 3.86. The molecule has 16 heavy (non-hydrogen) atoms. The van der Waals surface area contributed by atoms with E-state index in [-0.39, 0.29) is 24.4 Å². The van der Waals surface area contributed by atoms with E-state index < -0.39 is 10.0 Å². The van der Waals surface area contributed by atoms with Gasteiger partial charge in [0.1, 0.15) is 0 Å². The van der Waals surface area contributed by atoms with Crippen molar-refractivity contribution in [2.75, 3.05) is 32.1 Å². The molecule has 1 aliphatic rings. The predicted molar refractivity (Wildman–Crippen MR) is 63.9 cm³/mol. The summed E-state index contributed by atoms with van der Waals surface area (Å²) in [6.07, 6.45) is 0. The second-order valence-corrected chi connectivity index (χ2v) is 6.19. The molecule has 0 aromatic rings. The summed E-state index contributed by atoms with van der Waals surface area (Å²) in [7, 11) is -3.19. The summed E-state index contributed by atoms with van der Waals surface area (Å²) >= 11 is 0. The zero-order chi connectivity index (χ0) is 12.2. The van der Waals surface area contributed by atoms with Gasteiger partial charge in [-0.1, -0.05) is 0 Å². The molecule has 1 heterocycles. The first-order chi connectivity index (χ1) is 7.49. The van der Waals surface area contributed by atoms with E-state index >= 15 is 0 Å². The van der Waals surface area contributed by atoms with Crippen molar-refractivity contribution in [3.8, 4) is 0 Å². The van der Waals surface area contributed by atoms with E-state index in [9.17, 15) is 8.42 Å². The van der Waals surface area contributed by atoms with Gasteiger partial charge in [0.15, 0.2) is 0 Å². The minimum Gasteiger partial charge on any atom is -0.381 e. The van der Waals surface area contributed by atoms with Gasteiger partial charge in [-0.25, -0.2) is 8.42 Å². The van der Waals surface area contributed by atoms with Crippen LogP contribution >= 0.6 is 0 Å². The average molecular weight is 250 g/mol. The molecule has 1 N–H and O–H groups in total. The lowest BCUT2D eigenvalue weighted by Crippen LogP contribution is -2.57. The molecule has 0 aromatic carbocycles. The van der Waals surface area contributed by atoms with Gasteiger partial charge in [-0.2, -0.15) is 4.31 Å². The largest absolute Gasteiger partial charge is 0.381 e. The fraction of sp³-hybridized carbons (Fsp3) is 1.00. The molecule has 0 radical (unpaired) electrons. The molecule has 96 valence electrons. The second kappa shape index (κ2) is 5.95. The Hall–Kier alpha value is -0.170. The van der Waals surface area contributed by atoms with Crippen LogP contribution < -0.4 is 5.32 Å². The van der Waals surface area contributed by atoms with Crippen LogP contribution in [0.25, 0.3) is 0 Å². The number of nitrogens with zero attached hydrogens (tertiary/aromatic N) is 1. The first-order valence-electron chi connectivity index (χ1n) is 5.78. The highest BCUT2D eigenvalue weighted by atomic mass is 32.2. The van der Waals surface area contributed by atoms with Crippen LogP contribution in [-0.2, 0) is 14.8 Å². The lowest BCUT2D eigenvalue weighted by Gasteiger charge is -2.38. The van der Waals surface area contributed by atoms with Crippen LogP contribution in [-0.4, -0.2) is 56.9 Å². The van der Waals surface area contributed by atoms with E-state index in [0.717, 1.165) is 13.1 Å². The van der Waals surface area contributed by atoms with Crippen LogP contribution in [0.2, 0.25) is 0 Å². The van der Waals surface area contributed by atoms with Crippen LogP contribution in [0.4, 0.5) is 0 Å². The summed E-state index contributed by atoms with van der Waals surface area (Å²) in [4.78, 5) is 0. The molecule has 1 saturated heterocycles. The molecule has 1 rings (SSSR count). The number of nitrogens with one attached hydrogen (secondary N) is 1. The molecular formula is C10H22N2O3S. The molecule has 6 heteroatoms. The molecule has 2 atom stereocenters. The summed E-state index contributed by atoms with van der Waals surface area (Å²) in [5.74, 6) is 0.0789. The van der Waals surface area contributed by atoms with Crippen molar-refractivity contribution in [2.45, 2.75) is 32.9 Å². The zero-order valence-corrected chi connectivity index (χ0v) is 11.1. The van der Waals surface area contributed by atoms with Crippen molar-refractivity contribution in [3.05, 3.63) is 0 Å². The van der Waals surface area contributed by atoms with Crippen molar-refractivity contribution >= 4 is 10.0 Å². The minimum absolute atomic E-state index is 0.0235. The quantitative estimate of drug-likeness (QED) is 0.700. The number of hydrogen-bond acceptors (Lipinski definition) is 4. The first-order valence-corrected chi connectivity index (χ1v) is 7.39. The van der Waals surface area contributed by atoms with Crippen molar-refractivity contribution in [2.24, 2.45) is 0 Å². The molecule has 0 spiro atoms. The smallest absolute Gasteiger partial charge is 0.216 e. The summed E-state index contributed by atoms with van der Waals surface area (Å²) in [5.41, 5.74) is 0. The topological polar surface area (TPSA) is 58.6 Å². The lowest BCUT2D eigenvalue weighted by molar-refractivity contribution is 0.159. The van der Waals surface area contributed by atoms with Gasteiger partial charge in [0.05, 0.1) is 12.4 Å². The highest BCUT2D eigenvalue weighted by molar-refractivity contribution is 7.89. The van der Waals surface area contributed by atoms with Crippen LogP contribution in [0.3, 0.4) is 0 Å². The van der Waals surface area contributed by atoms with Gasteiger partial charge < -0.3 is 10.1 Å². The molecule has 1 aliphatic heterocycles. The average Bonchev–Trinajstić information content (AvgIpc) is 2.17. The summed E-state index contributed by atoms with van der Waals surface area (Å²) in [6.45, 7) is 8.01. The third kappa shape index (κ3) is 3.41. The monoisotopic (exact) mass is 250 g/mol. The van der Waals surface area contributed by atoms with Crippen molar-refractivity contribution < 1.29 is 13.2 Å². The van der Waals surface area contributed by atoms with Gasteiger partial charge in [0, 0.05) is 31.8 Å². The van der Waals surface area contributed by atoms with Crippen LogP contribution in [0, 0.1) is 0 Å². The summed E-state index contributed by atoms with van der Waals surface area (Å²) in [5, 5.41) is 3.22. The Bertz CT molecular complexity index is 295. The minimum atomic E-state index is -3.19. The van der Waals surface area contributed by atoms with E-state index in [0.29, 0.717) is 6.61 Å². The Morgan fingerprint density at radius 2 is 1.88 bits per heavy atom. The van der Waals surface area contributed by atoms with Gasteiger partial charge in [0.2, 0.25) is 10.0 Å². The van der Waals surface area contributed by atoms with E-state index in [1.165, 1.54) is 0 Å². The maximum atomic E-state index is 12.1. The Kier molecular flexibility index (Phi) is 5.17. The molecular weight excluding hydrogens is 228 g/mol. The van der Waals surface area contributed by atoms with Crippen molar-refractivity contribution in [3.63, 3.8) is 0 Å². The molecule has 2 unspecified atom stereocenters. The third-order valence-electron chi connectivity index (χ3n) is 2.76. The highest BCUT2D eigenvalue weighted by Gasteiger charge is 2.33. The van der Waals surface area contributed by atoms with Gasteiger partial charge in [-0.15, -0.1) is 0 Å². The van der Waals surface area contributed by atoms with Gasteiger partial charge >= 0.3 is 0 Å². The normalized spacial score (nSPS) is 28.2. The number of rotatable bonds is 5. The Labute approximate surface area is 98.2 Å². The molecule has 1 fully saturated rings. The van der Waals surface area contributed by atoms with E-state index in [4.69, 9.17) is 4.74 Å². The predicted octanol–water partition coefficient (Wildman–Crippen LogP) is 0.0349. The zero-order valence-electron chi connectivity index (χ0n) is 10.3. The number of ether oxygens (including phenoxy) is 1. The molecule has 0 saturated carbocycles. The van der Waals surface area contributed by atoms with Crippen molar-refractivity contribution in [1.29, 1.82) is 0 Å². The van der Waals surface area contributed by atoms with E-state index in [1.54, 1.807) is 4.31 Å². The molecule has 0 aliphatic carbocycles. The lowest BCUT2D eigenvalue weighted by atomic mass is 10.2. The second-order valence-electron chi connectivity index (χ2n) is 4.20. The summed E-state index contributed by atoms with van der Waals surface area (Å²) < 4.78 is 30.9. The molecule has 0 amide bonds. The highest BCUT2D eigenvalue weighted by Crippen LogP contribution is 2.15. The molecule has 0 aromatic heterocycles. The van der Waals surface area contributed by atoms with Gasteiger partial charge in [-0.05, 0) is 20.8 Å². The van der Waals surface area contributed by atoms with E-state index in [1.807, 2.05) is 20.8 Å². The van der Waals surface area contributed by atoms with Crippen LogP contribution in [0.15, 0.2) is 0 Å². The first kappa shape index (κ1) is 13.9. The standard InChI is InChI=1S/C10H22N2O3S/c1-4-15-5-6-16(13,14)12-9(2)7-11-8-10(12)3/h9-11H,4-8H2,1-3H3. The van der Waals surface area contributed by atoms with E-state index in [2.05, 4.69) is 5.32 Å². The summed E-state index contributed by atoms with van der Waals surface area (Å²) in [6, 6.07) is 0.0470. The number of piperazine rings is 1. The van der Waals surface area contributed by atoms with Gasteiger partial charge in [0.25, 0.3) is 0 Å². The van der Waals surface area contributed by atoms with Gasteiger partial charge in [-0.3, -0.25) is 0 Å². The third-order valence-corrected chi connectivity index (χ3v) is 4.80. The van der Waals surface area contributed by atoms with Crippen molar-refractivity contribution in [1.82, 2.24) is 9.62 Å². The molecule has 0 bridgehead atoms. The maximum absolute atomic E-state index is 12.1. The fourth-order valence-electron chi connectivity index (χ4n) is 2.08. The Balaban J connectivity index is 2.64. The van der Waals surface area contributed by atoms with Crippen LogP contribution in [0.5, 0.6) is 0 Å². The van der Waals surface area contributed by atoms with Crippen LogP contribution in [0.1, 0.15) is 20.8 Å². The number of hydrogen-bond donors (Lipinski definition) is 1. The molecule has 5 nitrogen and oxygen atoms in total. The number of sulfonamides is 1. The Morgan fingerprint density at radius 3 is 2.38 bits per heavy atom. The Morgan fingerprint density at radius 1 is 1.31 bits per heavy atom. The SMILES string of the molecule is CCOCCS(=O)(=O)N1C(C)CNCC1C. The maximum Gasteiger partial charge on any atom is 0.216 e.